The Labute approximate surface area is 107 Å². The predicted molar refractivity (Wildman–Crippen MR) is 65.8 cm³/mol. The van der Waals surface area contributed by atoms with Crippen molar-refractivity contribution in [1.29, 1.82) is 0 Å². The van der Waals surface area contributed by atoms with Crippen molar-refractivity contribution in [2.24, 2.45) is 0 Å². The van der Waals surface area contributed by atoms with Crippen molar-refractivity contribution in [3.63, 3.8) is 0 Å². The molecular weight excluding hydrogens is 260 g/mol. The maximum Gasteiger partial charge on any atom is 0.260 e. The van der Waals surface area contributed by atoms with Gasteiger partial charge in [0.25, 0.3) is 5.91 Å². The van der Waals surface area contributed by atoms with Crippen molar-refractivity contribution in [1.82, 2.24) is 0 Å². The van der Waals surface area contributed by atoms with Crippen LogP contribution in [0.3, 0.4) is 0 Å². The van der Waals surface area contributed by atoms with Crippen LogP contribution >= 0.6 is 11.6 Å². The third kappa shape index (κ3) is 2.65. The Hall–Kier alpha value is -1.94. The average molecular weight is 268 g/mol. The molecule has 0 saturated carbocycles. The fraction of sp³-hybridized carbons (Fsp3) is 0. The highest BCUT2D eigenvalue weighted by Gasteiger charge is 2.15. The largest absolute Gasteiger partial charge is 0.322 e. The van der Waals surface area contributed by atoms with E-state index in [-0.39, 0.29) is 16.3 Å². The normalized spacial score (nSPS) is 10.2. The van der Waals surface area contributed by atoms with E-state index in [2.05, 4.69) is 5.32 Å². The van der Waals surface area contributed by atoms with E-state index >= 15 is 0 Å². The third-order valence-electron chi connectivity index (χ3n) is 2.27. The number of hydrogen-bond acceptors (Lipinski definition) is 1. The summed E-state index contributed by atoms with van der Waals surface area (Å²) in [5.74, 6) is -1.94. The van der Waals surface area contributed by atoms with Crippen LogP contribution in [-0.4, -0.2) is 5.91 Å². The van der Waals surface area contributed by atoms with Gasteiger partial charge in [-0.15, -0.1) is 0 Å². The Morgan fingerprint density at radius 3 is 2.50 bits per heavy atom. The lowest BCUT2D eigenvalue weighted by Gasteiger charge is -2.07. The number of carbonyl (C=O) groups is 1. The molecule has 0 unspecified atom stereocenters. The number of benzene rings is 2. The van der Waals surface area contributed by atoms with Gasteiger partial charge in [0.05, 0.1) is 10.6 Å². The number of rotatable bonds is 2. The number of amides is 1. The molecule has 18 heavy (non-hydrogen) atoms. The standard InChI is InChI=1S/C13H8ClF2NO/c14-10-5-2-6-11(16)12(10)13(18)17-9-4-1-3-8(15)7-9/h1-7H,(H,17,18). The quantitative estimate of drug-likeness (QED) is 0.879. The van der Waals surface area contributed by atoms with E-state index in [0.29, 0.717) is 0 Å². The van der Waals surface area contributed by atoms with Gasteiger partial charge in [0.2, 0.25) is 0 Å². The first-order valence-corrected chi connectivity index (χ1v) is 5.46. The van der Waals surface area contributed by atoms with E-state index < -0.39 is 17.5 Å². The van der Waals surface area contributed by atoms with Gasteiger partial charge in [0.15, 0.2) is 0 Å². The second-order valence-corrected chi connectivity index (χ2v) is 3.97. The van der Waals surface area contributed by atoms with Crippen LogP contribution in [0.2, 0.25) is 5.02 Å². The third-order valence-corrected chi connectivity index (χ3v) is 2.59. The van der Waals surface area contributed by atoms with Crippen molar-refractivity contribution in [2.45, 2.75) is 0 Å². The fourth-order valence-electron chi connectivity index (χ4n) is 1.47. The molecule has 92 valence electrons. The zero-order valence-electron chi connectivity index (χ0n) is 9.08. The first kappa shape index (κ1) is 12.5. The molecule has 0 bridgehead atoms. The molecule has 0 fully saturated rings. The SMILES string of the molecule is O=C(Nc1cccc(F)c1)c1c(F)cccc1Cl. The summed E-state index contributed by atoms with van der Waals surface area (Å²) in [7, 11) is 0. The van der Waals surface area contributed by atoms with Crippen molar-refractivity contribution in [2.75, 3.05) is 5.32 Å². The molecule has 0 aliphatic rings. The molecular formula is C13H8ClF2NO. The van der Waals surface area contributed by atoms with E-state index in [1.807, 2.05) is 0 Å². The Kier molecular flexibility index (Phi) is 3.58. The lowest BCUT2D eigenvalue weighted by molar-refractivity contribution is 0.102. The fourth-order valence-corrected chi connectivity index (χ4v) is 1.72. The summed E-state index contributed by atoms with van der Waals surface area (Å²) in [6, 6.07) is 9.25. The molecule has 1 N–H and O–H groups in total. The minimum absolute atomic E-state index is 0.00361. The molecule has 5 heteroatoms. The maximum absolute atomic E-state index is 13.5. The van der Waals surface area contributed by atoms with Gasteiger partial charge in [-0.25, -0.2) is 8.78 Å². The highest BCUT2D eigenvalue weighted by atomic mass is 35.5. The Morgan fingerprint density at radius 1 is 1.11 bits per heavy atom. The van der Waals surface area contributed by atoms with Crippen molar-refractivity contribution in [3.8, 4) is 0 Å². The minimum Gasteiger partial charge on any atom is -0.322 e. The van der Waals surface area contributed by atoms with Gasteiger partial charge in [0.1, 0.15) is 11.6 Å². The van der Waals surface area contributed by atoms with Crippen LogP contribution in [0.4, 0.5) is 14.5 Å². The molecule has 0 aromatic heterocycles. The monoisotopic (exact) mass is 267 g/mol. The van der Waals surface area contributed by atoms with Crippen LogP contribution in [0.25, 0.3) is 0 Å². The number of halogens is 3. The first-order valence-electron chi connectivity index (χ1n) is 5.09. The van der Waals surface area contributed by atoms with Gasteiger partial charge in [-0.2, -0.15) is 0 Å². The zero-order chi connectivity index (χ0) is 13.1. The molecule has 0 spiro atoms. The summed E-state index contributed by atoms with van der Waals surface area (Å²) in [5.41, 5.74) is -0.0252. The Balaban J connectivity index is 2.28. The predicted octanol–water partition coefficient (Wildman–Crippen LogP) is 3.87. The molecule has 1 amide bonds. The summed E-state index contributed by atoms with van der Waals surface area (Å²) >= 11 is 5.75. The average Bonchev–Trinajstić information content (AvgIpc) is 2.28. The molecule has 2 rings (SSSR count). The Morgan fingerprint density at radius 2 is 1.83 bits per heavy atom. The molecule has 0 atom stereocenters. The second kappa shape index (κ2) is 5.14. The van der Waals surface area contributed by atoms with Crippen LogP contribution in [-0.2, 0) is 0 Å². The molecule has 0 saturated heterocycles. The number of nitrogens with one attached hydrogen (secondary N) is 1. The smallest absolute Gasteiger partial charge is 0.260 e. The van der Waals surface area contributed by atoms with Crippen molar-refractivity contribution >= 4 is 23.2 Å². The van der Waals surface area contributed by atoms with Gasteiger partial charge in [0, 0.05) is 5.69 Å². The zero-order valence-corrected chi connectivity index (χ0v) is 9.84. The molecule has 0 aliphatic carbocycles. The van der Waals surface area contributed by atoms with Crippen LogP contribution in [0.15, 0.2) is 42.5 Å². The summed E-state index contributed by atoms with van der Waals surface area (Å²) < 4.78 is 26.4. The highest BCUT2D eigenvalue weighted by molar-refractivity contribution is 6.34. The van der Waals surface area contributed by atoms with Crippen LogP contribution in [0, 0.1) is 11.6 Å². The van der Waals surface area contributed by atoms with Crippen molar-refractivity contribution in [3.05, 3.63) is 64.7 Å². The van der Waals surface area contributed by atoms with E-state index in [4.69, 9.17) is 11.6 Å². The summed E-state index contributed by atoms with van der Waals surface area (Å²) in [6.45, 7) is 0. The first-order chi connectivity index (χ1) is 8.58. The topological polar surface area (TPSA) is 29.1 Å². The molecule has 2 aromatic carbocycles. The molecule has 0 aliphatic heterocycles. The summed E-state index contributed by atoms with van der Waals surface area (Å²) in [6.07, 6.45) is 0. The molecule has 2 aromatic rings. The molecule has 0 radical (unpaired) electrons. The minimum atomic E-state index is -0.726. The van der Waals surface area contributed by atoms with Crippen LogP contribution in [0.1, 0.15) is 10.4 Å². The number of hydrogen-bond donors (Lipinski definition) is 1. The molecule has 2 nitrogen and oxygen atoms in total. The lowest BCUT2D eigenvalue weighted by Crippen LogP contribution is -2.14. The number of anilines is 1. The van der Waals surface area contributed by atoms with Crippen LogP contribution in [0.5, 0.6) is 0 Å². The van der Waals surface area contributed by atoms with Gasteiger partial charge in [-0.3, -0.25) is 4.79 Å². The lowest BCUT2D eigenvalue weighted by atomic mass is 10.2. The number of carbonyl (C=O) groups excluding carboxylic acids is 1. The Bertz CT molecular complexity index is 581. The summed E-state index contributed by atoms with van der Waals surface area (Å²) in [5, 5.41) is 2.38. The maximum atomic E-state index is 13.5. The second-order valence-electron chi connectivity index (χ2n) is 3.56. The van der Waals surface area contributed by atoms with Crippen LogP contribution < -0.4 is 5.32 Å². The van der Waals surface area contributed by atoms with E-state index in [1.165, 1.54) is 30.3 Å². The van der Waals surface area contributed by atoms with E-state index in [0.717, 1.165) is 12.1 Å². The van der Waals surface area contributed by atoms with Crippen molar-refractivity contribution < 1.29 is 13.6 Å². The summed E-state index contributed by atoms with van der Waals surface area (Å²) in [4.78, 5) is 11.8. The van der Waals surface area contributed by atoms with Gasteiger partial charge < -0.3 is 5.32 Å². The van der Waals surface area contributed by atoms with Gasteiger partial charge >= 0.3 is 0 Å². The van der Waals surface area contributed by atoms with Gasteiger partial charge in [-0.05, 0) is 30.3 Å². The van der Waals surface area contributed by atoms with Gasteiger partial charge in [-0.1, -0.05) is 23.7 Å². The highest BCUT2D eigenvalue weighted by Crippen LogP contribution is 2.20. The molecule has 0 heterocycles. The van der Waals surface area contributed by atoms with E-state index in [9.17, 15) is 13.6 Å². The van der Waals surface area contributed by atoms with E-state index in [1.54, 1.807) is 0 Å².